The number of nitrogens with one attached hydrogen (secondary N) is 1. The average Bonchev–Trinajstić information content (AvgIpc) is 2.90. The highest BCUT2D eigenvalue weighted by Gasteiger charge is 2.17. The Balaban J connectivity index is 2.29. The molecular formula is C17H24FN3. The van der Waals surface area contributed by atoms with Crippen LogP contribution in [0.3, 0.4) is 0 Å². The molecule has 0 aliphatic heterocycles. The number of halogens is 1. The molecule has 0 saturated carbocycles. The molecule has 0 spiro atoms. The Bertz CT molecular complexity index is 604. The van der Waals surface area contributed by atoms with Crippen molar-refractivity contribution in [2.45, 2.75) is 46.2 Å². The summed E-state index contributed by atoms with van der Waals surface area (Å²) in [6, 6.07) is 7.36. The van der Waals surface area contributed by atoms with Crippen molar-refractivity contribution >= 4 is 0 Å². The Morgan fingerprint density at radius 1 is 1.29 bits per heavy atom. The number of rotatable bonds is 6. The quantitative estimate of drug-likeness (QED) is 0.883. The Morgan fingerprint density at radius 2 is 2.05 bits per heavy atom. The van der Waals surface area contributed by atoms with Crippen molar-refractivity contribution in [3.8, 4) is 0 Å². The summed E-state index contributed by atoms with van der Waals surface area (Å²) in [7, 11) is 1.96. The van der Waals surface area contributed by atoms with Crippen LogP contribution in [0.15, 0.2) is 24.3 Å². The molecular weight excluding hydrogens is 265 g/mol. The van der Waals surface area contributed by atoms with Crippen LogP contribution in [0.4, 0.5) is 4.39 Å². The lowest BCUT2D eigenvalue weighted by molar-refractivity contribution is 0.511. The summed E-state index contributed by atoms with van der Waals surface area (Å²) >= 11 is 0. The molecule has 21 heavy (non-hydrogen) atoms. The van der Waals surface area contributed by atoms with E-state index in [1.54, 1.807) is 6.07 Å². The van der Waals surface area contributed by atoms with E-state index in [0.717, 1.165) is 36.2 Å². The number of benzene rings is 1. The normalized spacial score (nSPS) is 12.6. The maximum absolute atomic E-state index is 13.2. The van der Waals surface area contributed by atoms with Gasteiger partial charge in [-0.15, -0.1) is 0 Å². The highest BCUT2D eigenvalue weighted by atomic mass is 19.1. The molecule has 3 nitrogen and oxygen atoms in total. The first kappa shape index (κ1) is 15.7. The molecule has 2 aromatic rings. The van der Waals surface area contributed by atoms with Crippen molar-refractivity contribution in [2.24, 2.45) is 0 Å². The minimum atomic E-state index is -0.177. The van der Waals surface area contributed by atoms with Crippen LogP contribution in [-0.4, -0.2) is 16.8 Å². The lowest BCUT2D eigenvalue weighted by Crippen LogP contribution is -2.22. The molecule has 1 atom stereocenters. The predicted molar refractivity (Wildman–Crippen MR) is 83.9 cm³/mol. The van der Waals surface area contributed by atoms with Gasteiger partial charge in [0.25, 0.3) is 0 Å². The van der Waals surface area contributed by atoms with E-state index in [4.69, 9.17) is 0 Å². The van der Waals surface area contributed by atoms with Gasteiger partial charge in [-0.25, -0.2) is 4.39 Å². The highest BCUT2D eigenvalue weighted by Crippen LogP contribution is 2.22. The molecule has 1 unspecified atom stereocenters. The first-order valence-corrected chi connectivity index (χ1v) is 7.57. The summed E-state index contributed by atoms with van der Waals surface area (Å²) in [4.78, 5) is 0. The average molecular weight is 289 g/mol. The van der Waals surface area contributed by atoms with E-state index in [1.165, 1.54) is 11.8 Å². The van der Waals surface area contributed by atoms with Crippen molar-refractivity contribution in [1.29, 1.82) is 0 Å². The van der Waals surface area contributed by atoms with Gasteiger partial charge in [-0.05, 0) is 63.1 Å². The van der Waals surface area contributed by atoms with Crippen molar-refractivity contribution in [3.63, 3.8) is 0 Å². The van der Waals surface area contributed by atoms with Crippen LogP contribution >= 0.6 is 0 Å². The molecule has 0 saturated heterocycles. The van der Waals surface area contributed by atoms with E-state index < -0.39 is 0 Å². The zero-order valence-electron chi connectivity index (χ0n) is 13.3. The monoisotopic (exact) mass is 289 g/mol. The van der Waals surface area contributed by atoms with Gasteiger partial charge < -0.3 is 5.32 Å². The fourth-order valence-electron chi connectivity index (χ4n) is 2.66. The number of hydrogen-bond donors (Lipinski definition) is 1. The maximum Gasteiger partial charge on any atom is 0.123 e. The van der Waals surface area contributed by atoms with E-state index in [0.29, 0.717) is 0 Å². The van der Waals surface area contributed by atoms with Gasteiger partial charge in [-0.3, -0.25) is 4.68 Å². The van der Waals surface area contributed by atoms with Crippen LogP contribution in [0.25, 0.3) is 0 Å². The van der Waals surface area contributed by atoms with Gasteiger partial charge >= 0.3 is 0 Å². The van der Waals surface area contributed by atoms with E-state index >= 15 is 0 Å². The summed E-state index contributed by atoms with van der Waals surface area (Å²) in [5.41, 5.74) is 4.47. The third-order valence-electron chi connectivity index (χ3n) is 3.96. The zero-order valence-corrected chi connectivity index (χ0v) is 13.3. The first-order chi connectivity index (χ1) is 10.1. The van der Waals surface area contributed by atoms with Gasteiger partial charge in [0, 0.05) is 6.54 Å². The van der Waals surface area contributed by atoms with Gasteiger partial charge in [0.1, 0.15) is 5.82 Å². The molecule has 0 aliphatic carbocycles. The fourth-order valence-corrected chi connectivity index (χ4v) is 2.66. The number of aromatic nitrogens is 2. The van der Waals surface area contributed by atoms with Crippen molar-refractivity contribution in [3.05, 3.63) is 52.6 Å². The fraction of sp³-hybridized carbons (Fsp3) is 0.471. The third-order valence-corrected chi connectivity index (χ3v) is 3.96. The Labute approximate surface area is 126 Å². The van der Waals surface area contributed by atoms with E-state index in [2.05, 4.69) is 35.0 Å². The first-order valence-electron chi connectivity index (χ1n) is 7.57. The molecule has 1 heterocycles. The van der Waals surface area contributed by atoms with Gasteiger partial charge in [0.2, 0.25) is 0 Å². The number of aryl methyl sites for hydroxylation is 3. The van der Waals surface area contributed by atoms with E-state index in [9.17, 15) is 4.39 Å². The maximum atomic E-state index is 13.2. The second kappa shape index (κ2) is 6.85. The highest BCUT2D eigenvalue weighted by molar-refractivity contribution is 5.29. The van der Waals surface area contributed by atoms with Crippen LogP contribution in [0.2, 0.25) is 0 Å². The van der Waals surface area contributed by atoms with E-state index in [1.807, 2.05) is 20.0 Å². The summed E-state index contributed by atoms with van der Waals surface area (Å²) in [6.45, 7) is 7.03. The Hall–Kier alpha value is -1.68. The largest absolute Gasteiger partial charge is 0.311 e. The molecule has 0 amide bonds. The summed E-state index contributed by atoms with van der Waals surface area (Å²) < 4.78 is 15.3. The van der Waals surface area contributed by atoms with Gasteiger partial charge in [0.15, 0.2) is 0 Å². The molecule has 2 rings (SSSR count). The lowest BCUT2D eigenvalue weighted by atomic mass is 9.99. The van der Waals surface area contributed by atoms with Crippen LogP contribution in [0.1, 0.15) is 42.4 Å². The summed E-state index contributed by atoms with van der Waals surface area (Å²) in [5, 5.41) is 7.98. The van der Waals surface area contributed by atoms with Crippen molar-refractivity contribution in [2.75, 3.05) is 7.05 Å². The van der Waals surface area contributed by atoms with Gasteiger partial charge in [0.05, 0.1) is 17.4 Å². The van der Waals surface area contributed by atoms with Gasteiger partial charge in [-0.2, -0.15) is 5.10 Å². The Morgan fingerprint density at radius 3 is 2.62 bits per heavy atom. The minimum Gasteiger partial charge on any atom is -0.311 e. The van der Waals surface area contributed by atoms with Crippen molar-refractivity contribution in [1.82, 2.24) is 15.1 Å². The number of nitrogens with zero attached hydrogens (tertiary/aromatic N) is 2. The smallest absolute Gasteiger partial charge is 0.123 e. The molecule has 1 aromatic carbocycles. The topological polar surface area (TPSA) is 29.9 Å². The zero-order chi connectivity index (χ0) is 15.4. The predicted octanol–water partition coefficient (Wildman–Crippen LogP) is 3.42. The Kier molecular flexibility index (Phi) is 5.12. The van der Waals surface area contributed by atoms with Gasteiger partial charge in [-0.1, -0.05) is 13.0 Å². The molecule has 0 fully saturated rings. The van der Waals surface area contributed by atoms with Crippen LogP contribution in [0, 0.1) is 12.7 Å². The standard InChI is InChI=1S/C17H24FN3/c1-5-15-11-17(21(6-2)20-15)16(19-4)10-13-7-8-14(18)9-12(13)3/h7-9,11,16,19H,5-6,10H2,1-4H3. The molecule has 0 bridgehead atoms. The molecule has 0 radical (unpaired) electrons. The second-order valence-electron chi connectivity index (χ2n) is 5.35. The molecule has 4 heteroatoms. The second-order valence-corrected chi connectivity index (χ2v) is 5.35. The van der Waals surface area contributed by atoms with Crippen LogP contribution < -0.4 is 5.32 Å². The lowest BCUT2D eigenvalue weighted by Gasteiger charge is -2.18. The molecule has 0 aliphatic rings. The SMILES string of the molecule is CCc1cc(C(Cc2ccc(F)cc2C)NC)n(CC)n1. The van der Waals surface area contributed by atoms with Crippen LogP contribution in [-0.2, 0) is 19.4 Å². The van der Waals surface area contributed by atoms with Crippen LogP contribution in [0.5, 0.6) is 0 Å². The van der Waals surface area contributed by atoms with Crippen molar-refractivity contribution < 1.29 is 4.39 Å². The van der Waals surface area contributed by atoms with E-state index in [-0.39, 0.29) is 11.9 Å². The molecule has 114 valence electrons. The summed E-state index contributed by atoms with van der Waals surface area (Å²) in [6.07, 6.45) is 1.77. The molecule has 1 N–H and O–H groups in total. The minimum absolute atomic E-state index is 0.177. The summed E-state index contributed by atoms with van der Waals surface area (Å²) in [5.74, 6) is -0.177. The third kappa shape index (κ3) is 3.50. The number of hydrogen-bond acceptors (Lipinski definition) is 2. The molecule has 1 aromatic heterocycles. The number of likely N-dealkylation sites (N-methyl/N-ethyl adjacent to an activating group) is 1.